The van der Waals surface area contributed by atoms with Crippen molar-refractivity contribution < 1.29 is 0 Å². The van der Waals surface area contributed by atoms with E-state index in [1.165, 1.54) is 27.5 Å². The number of hydrogen-bond acceptors (Lipinski definition) is 4. The van der Waals surface area contributed by atoms with Crippen LogP contribution in [0.3, 0.4) is 0 Å². The molecule has 0 fully saturated rings. The van der Waals surface area contributed by atoms with Crippen LogP contribution in [0.5, 0.6) is 0 Å². The Labute approximate surface area is 106 Å². The molecular formula is C13H17N3S. The predicted octanol–water partition coefficient (Wildman–Crippen LogP) is 3.01. The van der Waals surface area contributed by atoms with Crippen molar-refractivity contribution in [3.05, 3.63) is 34.7 Å². The van der Waals surface area contributed by atoms with Crippen LogP contribution in [0.25, 0.3) is 11.3 Å². The van der Waals surface area contributed by atoms with Crippen molar-refractivity contribution in [2.45, 2.75) is 26.8 Å². The molecule has 90 valence electrons. The Hall–Kier alpha value is -1.26. The molecule has 0 saturated carbocycles. The number of benzene rings is 1. The molecule has 0 atom stereocenters. The summed E-state index contributed by atoms with van der Waals surface area (Å²) < 4.78 is 4.07. The summed E-state index contributed by atoms with van der Waals surface area (Å²) in [5, 5.41) is 7.65. The van der Waals surface area contributed by atoms with Gasteiger partial charge in [-0.3, -0.25) is 0 Å². The van der Waals surface area contributed by atoms with Gasteiger partial charge in [0.05, 0.1) is 4.88 Å². The maximum absolute atomic E-state index is 4.25. The topological polar surface area (TPSA) is 37.8 Å². The van der Waals surface area contributed by atoms with Gasteiger partial charge in [0.1, 0.15) is 5.69 Å². The van der Waals surface area contributed by atoms with Crippen molar-refractivity contribution >= 4 is 11.5 Å². The lowest BCUT2D eigenvalue weighted by atomic mass is 10.1. The molecule has 0 aliphatic heterocycles. The van der Waals surface area contributed by atoms with Gasteiger partial charge in [0.15, 0.2) is 0 Å². The molecule has 0 spiro atoms. The number of aryl methyl sites for hydroxylation is 1. The van der Waals surface area contributed by atoms with Gasteiger partial charge >= 0.3 is 0 Å². The third-order valence-corrected chi connectivity index (χ3v) is 3.39. The zero-order chi connectivity index (χ0) is 12.1. The van der Waals surface area contributed by atoms with Crippen LogP contribution in [0.1, 0.15) is 23.8 Å². The Bertz CT molecular complexity index is 479. The monoisotopic (exact) mass is 247 g/mol. The van der Waals surface area contributed by atoms with E-state index in [1.807, 2.05) is 12.1 Å². The Kier molecular flexibility index (Phi) is 4.23. The molecule has 2 aromatic rings. The maximum Gasteiger partial charge on any atom is 0.110 e. The maximum atomic E-state index is 4.25. The summed E-state index contributed by atoms with van der Waals surface area (Å²) in [7, 11) is 0. The Morgan fingerprint density at radius 1 is 1.29 bits per heavy atom. The Balaban J connectivity index is 2.22. The molecule has 1 aromatic carbocycles. The number of rotatable bonds is 5. The van der Waals surface area contributed by atoms with Crippen molar-refractivity contribution in [1.29, 1.82) is 0 Å². The summed E-state index contributed by atoms with van der Waals surface area (Å²) in [6.07, 6.45) is 1.14. The summed E-state index contributed by atoms with van der Waals surface area (Å²) in [5.74, 6) is 0. The summed E-state index contributed by atoms with van der Waals surface area (Å²) >= 11 is 1.48. The minimum atomic E-state index is 0.856. The fourth-order valence-electron chi connectivity index (χ4n) is 1.75. The average Bonchev–Trinajstić information content (AvgIpc) is 2.78. The number of aromatic nitrogens is 2. The van der Waals surface area contributed by atoms with Crippen molar-refractivity contribution in [2.24, 2.45) is 0 Å². The van der Waals surface area contributed by atoms with Crippen LogP contribution in [0.15, 0.2) is 24.3 Å². The van der Waals surface area contributed by atoms with Gasteiger partial charge in [-0.2, -0.15) is 0 Å². The van der Waals surface area contributed by atoms with E-state index in [0.29, 0.717) is 0 Å². The first kappa shape index (κ1) is 12.2. The van der Waals surface area contributed by atoms with Crippen LogP contribution in [-0.4, -0.2) is 16.1 Å². The molecule has 17 heavy (non-hydrogen) atoms. The highest BCUT2D eigenvalue weighted by Crippen LogP contribution is 2.26. The second kappa shape index (κ2) is 5.89. The highest BCUT2D eigenvalue weighted by Gasteiger charge is 2.11. The van der Waals surface area contributed by atoms with Crippen LogP contribution < -0.4 is 5.32 Å². The first-order valence-corrected chi connectivity index (χ1v) is 6.68. The largest absolute Gasteiger partial charge is 0.312 e. The predicted molar refractivity (Wildman–Crippen MR) is 72.1 cm³/mol. The van der Waals surface area contributed by atoms with E-state index in [9.17, 15) is 0 Å². The molecule has 0 aliphatic carbocycles. The van der Waals surface area contributed by atoms with E-state index >= 15 is 0 Å². The number of nitrogens with one attached hydrogen (secondary N) is 1. The zero-order valence-electron chi connectivity index (χ0n) is 10.2. The molecular weight excluding hydrogens is 230 g/mol. The Morgan fingerprint density at radius 2 is 2.12 bits per heavy atom. The second-order valence-corrected chi connectivity index (χ2v) is 4.88. The fraction of sp³-hybridized carbons (Fsp3) is 0.385. The average molecular weight is 247 g/mol. The van der Waals surface area contributed by atoms with E-state index in [2.05, 4.69) is 40.9 Å². The fourth-order valence-corrected chi connectivity index (χ4v) is 2.37. The minimum Gasteiger partial charge on any atom is -0.312 e. The lowest BCUT2D eigenvalue weighted by Gasteiger charge is -2.05. The van der Waals surface area contributed by atoms with Crippen LogP contribution in [0, 0.1) is 6.92 Å². The zero-order valence-corrected chi connectivity index (χ0v) is 11.0. The molecule has 0 bridgehead atoms. The number of nitrogens with zero attached hydrogens (tertiary/aromatic N) is 2. The summed E-state index contributed by atoms with van der Waals surface area (Å²) in [6.45, 7) is 6.17. The van der Waals surface area contributed by atoms with Gasteiger partial charge in [0.2, 0.25) is 0 Å². The molecule has 0 radical (unpaired) electrons. The van der Waals surface area contributed by atoms with Gasteiger partial charge < -0.3 is 5.32 Å². The smallest absolute Gasteiger partial charge is 0.110 e. The molecule has 0 unspecified atom stereocenters. The quantitative estimate of drug-likeness (QED) is 0.825. The van der Waals surface area contributed by atoms with Crippen LogP contribution in [0.2, 0.25) is 0 Å². The normalized spacial score (nSPS) is 10.7. The van der Waals surface area contributed by atoms with E-state index in [4.69, 9.17) is 0 Å². The van der Waals surface area contributed by atoms with Gasteiger partial charge in [0, 0.05) is 12.1 Å². The van der Waals surface area contributed by atoms with E-state index in [-0.39, 0.29) is 0 Å². The van der Waals surface area contributed by atoms with Crippen LogP contribution in [-0.2, 0) is 6.54 Å². The Morgan fingerprint density at radius 3 is 2.88 bits per heavy atom. The summed E-state index contributed by atoms with van der Waals surface area (Å²) in [6, 6.07) is 8.31. The first-order valence-electron chi connectivity index (χ1n) is 5.91. The third-order valence-electron chi connectivity index (χ3n) is 2.67. The van der Waals surface area contributed by atoms with E-state index in [1.54, 1.807) is 0 Å². The molecule has 1 aromatic heterocycles. The van der Waals surface area contributed by atoms with E-state index < -0.39 is 0 Å². The molecule has 0 saturated heterocycles. The molecule has 4 heteroatoms. The SMILES string of the molecule is CCCNCc1snnc1-c1ccccc1C. The van der Waals surface area contributed by atoms with Gasteiger partial charge in [-0.05, 0) is 37.0 Å². The molecule has 0 aliphatic rings. The van der Waals surface area contributed by atoms with Crippen LogP contribution in [0.4, 0.5) is 0 Å². The van der Waals surface area contributed by atoms with Gasteiger partial charge in [-0.25, -0.2) is 0 Å². The highest BCUT2D eigenvalue weighted by atomic mass is 32.1. The molecule has 3 nitrogen and oxygen atoms in total. The molecule has 1 N–H and O–H groups in total. The van der Waals surface area contributed by atoms with E-state index in [0.717, 1.165) is 25.2 Å². The van der Waals surface area contributed by atoms with Gasteiger partial charge in [-0.1, -0.05) is 35.7 Å². The highest BCUT2D eigenvalue weighted by molar-refractivity contribution is 7.05. The van der Waals surface area contributed by atoms with Crippen LogP contribution >= 0.6 is 11.5 Å². The van der Waals surface area contributed by atoms with Crippen molar-refractivity contribution in [3.63, 3.8) is 0 Å². The minimum absolute atomic E-state index is 0.856. The van der Waals surface area contributed by atoms with Crippen molar-refractivity contribution in [2.75, 3.05) is 6.54 Å². The lowest BCUT2D eigenvalue weighted by Crippen LogP contribution is -2.13. The standard InChI is InChI=1S/C13H17N3S/c1-3-8-14-9-12-13(15-16-17-12)11-7-5-4-6-10(11)2/h4-7,14H,3,8-9H2,1-2H3. The first-order chi connectivity index (χ1) is 8.33. The summed E-state index contributed by atoms with van der Waals surface area (Å²) in [4.78, 5) is 1.22. The van der Waals surface area contributed by atoms with Gasteiger partial charge in [0.25, 0.3) is 0 Å². The summed E-state index contributed by atoms with van der Waals surface area (Å²) in [5.41, 5.74) is 3.46. The molecule has 1 heterocycles. The lowest BCUT2D eigenvalue weighted by molar-refractivity contribution is 0.681. The molecule has 2 rings (SSSR count). The van der Waals surface area contributed by atoms with Gasteiger partial charge in [-0.15, -0.1) is 5.10 Å². The van der Waals surface area contributed by atoms with Crippen molar-refractivity contribution in [3.8, 4) is 11.3 Å². The number of hydrogen-bond donors (Lipinski definition) is 1. The molecule has 0 amide bonds. The second-order valence-electron chi connectivity index (χ2n) is 4.04. The van der Waals surface area contributed by atoms with Crippen molar-refractivity contribution in [1.82, 2.24) is 14.9 Å². The third kappa shape index (κ3) is 2.90.